The third kappa shape index (κ3) is 4.29. The molecule has 2 heterocycles. The average Bonchev–Trinajstić information content (AvgIpc) is 3.08. The molecule has 2 atom stereocenters. The molecule has 1 aromatic heterocycles. The molecule has 140 valence electrons. The van der Waals surface area contributed by atoms with Gasteiger partial charge < -0.3 is 10.2 Å². The number of amides is 1. The highest BCUT2D eigenvalue weighted by molar-refractivity contribution is 7.18. The molecule has 0 radical (unpaired) electrons. The molecule has 4 nitrogen and oxygen atoms in total. The van der Waals surface area contributed by atoms with Crippen molar-refractivity contribution >= 4 is 44.7 Å². The molecule has 3 aromatic rings. The molecule has 1 aliphatic rings. The number of aromatic nitrogens is 1. The topological polar surface area (TPSA) is 46.4 Å². The van der Waals surface area contributed by atoms with Crippen LogP contribution in [0.5, 0.6) is 0 Å². The number of nitrogens with one attached hydrogen (secondary N) is 2. The Bertz CT molecular complexity index is 944. The Labute approximate surface area is 166 Å². The molecule has 4 rings (SSSR count). The number of benzene rings is 2. The maximum atomic E-state index is 13.1. The van der Waals surface area contributed by atoms with Gasteiger partial charge in [0.05, 0.1) is 39.9 Å². The minimum Gasteiger partial charge on any atom is -0.327 e. The summed E-state index contributed by atoms with van der Waals surface area (Å²) in [5.41, 5.74) is 1.50. The van der Waals surface area contributed by atoms with Gasteiger partial charge in [-0.3, -0.25) is 4.79 Å². The molecular weight excluding hydrogens is 385 g/mol. The van der Waals surface area contributed by atoms with Crippen LogP contribution in [0.25, 0.3) is 10.2 Å². The van der Waals surface area contributed by atoms with Crippen molar-refractivity contribution in [2.75, 3.05) is 25.0 Å². The van der Waals surface area contributed by atoms with Crippen LogP contribution in [-0.2, 0) is 4.79 Å². The van der Waals surface area contributed by atoms with Gasteiger partial charge in [-0.25, -0.2) is 9.37 Å². The third-order valence-electron chi connectivity index (χ3n) is 4.89. The van der Waals surface area contributed by atoms with Gasteiger partial charge in [-0.15, -0.1) is 11.3 Å². The summed E-state index contributed by atoms with van der Waals surface area (Å²) in [7, 11) is 0. The first-order valence-electron chi connectivity index (χ1n) is 9.02. The van der Waals surface area contributed by atoms with Gasteiger partial charge in [-0.2, -0.15) is 0 Å². The molecule has 0 aliphatic carbocycles. The molecule has 0 bridgehead atoms. The first kappa shape index (κ1) is 18.3. The fraction of sp³-hybridized carbons (Fsp3) is 0.300. The molecule has 0 spiro atoms. The van der Waals surface area contributed by atoms with Gasteiger partial charge in [0, 0.05) is 0 Å². The van der Waals surface area contributed by atoms with Crippen LogP contribution in [0.1, 0.15) is 23.8 Å². The number of carbonyl (C=O) groups is 1. The molecule has 2 aromatic carbocycles. The van der Waals surface area contributed by atoms with Crippen LogP contribution in [0, 0.1) is 5.82 Å². The Kier molecular flexibility index (Phi) is 5.38. The van der Waals surface area contributed by atoms with Crippen LogP contribution >= 0.6 is 22.9 Å². The van der Waals surface area contributed by atoms with Crippen LogP contribution in [0.15, 0.2) is 42.5 Å². The zero-order chi connectivity index (χ0) is 18.8. The standard InChI is InChI=1S/C20H19ClFN3OS/c21-15-10-14(22)7-8-16(15)23-19(26)12-25-9-3-4-13(11-25)20-24-17-5-1-2-6-18(17)27-20/h1-2,5-8,10,13H,3-4,9,11-12H2,(H,23,26)/p+1/t13-/m0/s1. The number of hydrogen-bond donors (Lipinski definition) is 2. The maximum Gasteiger partial charge on any atom is 0.279 e. The lowest BCUT2D eigenvalue weighted by atomic mass is 9.99. The molecule has 1 aliphatic heterocycles. The van der Waals surface area contributed by atoms with E-state index in [4.69, 9.17) is 16.6 Å². The van der Waals surface area contributed by atoms with Crippen LogP contribution in [-0.4, -0.2) is 30.5 Å². The van der Waals surface area contributed by atoms with Gasteiger partial charge >= 0.3 is 0 Å². The summed E-state index contributed by atoms with van der Waals surface area (Å²) < 4.78 is 14.3. The van der Waals surface area contributed by atoms with Crippen molar-refractivity contribution in [3.05, 3.63) is 58.3 Å². The first-order valence-corrected chi connectivity index (χ1v) is 10.2. The van der Waals surface area contributed by atoms with E-state index in [1.54, 1.807) is 11.3 Å². The maximum absolute atomic E-state index is 13.1. The first-order chi connectivity index (χ1) is 13.1. The lowest BCUT2D eigenvalue weighted by molar-refractivity contribution is -0.898. The number of rotatable bonds is 4. The molecule has 2 N–H and O–H groups in total. The van der Waals surface area contributed by atoms with Gasteiger partial charge in [0.1, 0.15) is 10.8 Å². The van der Waals surface area contributed by atoms with Crippen molar-refractivity contribution in [1.82, 2.24) is 4.98 Å². The summed E-state index contributed by atoms with van der Waals surface area (Å²) in [6, 6.07) is 12.2. The predicted molar refractivity (Wildman–Crippen MR) is 107 cm³/mol. The van der Waals surface area contributed by atoms with Gasteiger partial charge in [0.2, 0.25) is 0 Å². The number of anilines is 1. The number of nitrogens with zero attached hydrogens (tertiary/aromatic N) is 1. The number of para-hydroxylation sites is 1. The fourth-order valence-corrected chi connectivity index (χ4v) is 4.92. The smallest absolute Gasteiger partial charge is 0.279 e. The second-order valence-electron chi connectivity index (χ2n) is 6.91. The lowest BCUT2D eigenvalue weighted by Crippen LogP contribution is -3.14. The van der Waals surface area contributed by atoms with Crippen LogP contribution in [0.2, 0.25) is 5.02 Å². The quantitative estimate of drug-likeness (QED) is 0.699. The molecule has 7 heteroatoms. The fourth-order valence-electron chi connectivity index (χ4n) is 3.60. The molecule has 1 unspecified atom stereocenters. The van der Waals surface area contributed by atoms with Gasteiger partial charge in [0.15, 0.2) is 6.54 Å². The normalized spacial score (nSPS) is 19.9. The molecule has 1 amide bonds. The van der Waals surface area contributed by atoms with E-state index in [2.05, 4.69) is 11.4 Å². The highest BCUT2D eigenvalue weighted by Crippen LogP contribution is 2.30. The third-order valence-corrected chi connectivity index (χ3v) is 6.41. The van der Waals surface area contributed by atoms with Gasteiger partial charge in [-0.05, 0) is 43.2 Å². The van der Waals surface area contributed by atoms with E-state index in [0.29, 0.717) is 18.2 Å². The van der Waals surface area contributed by atoms with E-state index in [-0.39, 0.29) is 10.9 Å². The Balaban J connectivity index is 1.40. The Morgan fingerprint density at radius 2 is 2.19 bits per heavy atom. The van der Waals surface area contributed by atoms with Crippen molar-refractivity contribution in [2.45, 2.75) is 18.8 Å². The van der Waals surface area contributed by atoms with Crippen LogP contribution in [0.4, 0.5) is 10.1 Å². The molecular formula is C20H20ClFN3OS+. The highest BCUT2D eigenvalue weighted by Gasteiger charge is 2.28. The Hall–Kier alpha value is -2.02. The number of quaternary nitrogens is 1. The predicted octanol–water partition coefficient (Wildman–Crippen LogP) is 3.49. The SMILES string of the molecule is O=C(C[NH+]1CCC[C@H](c2nc3ccccc3s2)C1)Nc1ccc(F)cc1Cl. The van der Waals surface area contributed by atoms with E-state index in [1.165, 1.54) is 27.8 Å². The molecule has 0 saturated carbocycles. The number of piperidine rings is 1. The summed E-state index contributed by atoms with van der Waals surface area (Å²) in [4.78, 5) is 18.4. The highest BCUT2D eigenvalue weighted by atomic mass is 35.5. The molecule has 1 saturated heterocycles. The monoisotopic (exact) mass is 404 g/mol. The zero-order valence-electron chi connectivity index (χ0n) is 14.7. The zero-order valence-corrected chi connectivity index (χ0v) is 16.2. The number of thiazole rings is 1. The Morgan fingerprint density at radius 1 is 1.33 bits per heavy atom. The van der Waals surface area contributed by atoms with Gasteiger partial charge in [-0.1, -0.05) is 23.7 Å². The van der Waals surface area contributed by atoms with E-state index >= 15 is 0 Å². The summed E-state index contributed by atoms with van der Waals surface area (Å²) in [5.74, 6) is -0.143. The second-order valence-corrected chi connectivity index (χ2v) is 8.38. The Morgan fingerprint density at radius 3 is 3.00 bits per heavy atom. The largest absolute Gasteiger partial charge is 0.327 e. The number of fused-ring (bicyclic) bond motifs is 1. The number of likely N-dealkylation sites (tertiary alicyclic amines) is 1. The minimum atomic E-state index is -0.418. The van der Waals surface area contributed by atoms with E-state index in [0.717, 1.165) is 36.5 Å². The number of halogens is 2. The molecule has 27 heavy (non-hydrogen) atoms. The van der Waals surface area contributed by atoms with Crippen molar-refractivity contribution in [3.63, 3.8) is 0 Å². The van der Waals surface area contributed by atoms with Crippen molar-refractivity contribution in [1.29, 1.82) is 0 Å². The molecule has 1 fully saturated rings. The van der Waals surface area contributed by atoms with Crippen molar-refractivity contribution < 1.29 is 14.1 Å². The number of hydrogen-bond acceptors (Lipinski definition) is 3. The van der Waals surface area contributed by atoms with Crippen LogP contribution in [0.3, 0.4) is 0 Å². The summed E-state index contributed by atoms with van der Waals surface area (Å²) >= 11 is 7.74. The van der Waals surface area contributed by atoms with E-state index < -0.39 is 5.82 Å². The van der Waals surface area contributed by atoms with Crippen LogP contribution < -0.4 is 10.2 Å². The minimum absolute atomic E-state index is 0.108. The van der Waals surface area contributed by atoms with E-state index in [1.807, 2.05) is 18.2 Å². The average molecular weight is 405 g/mol. The lowest BCUT2D eigenvalue weighted by Gasteiger charge is -2.28. The second kappa shape index (κ2) is 7.92. The van der Waals surface area contributed by atoms with Gasteiger partial charge in [0.25, 0.3) is 5.91 Å². The summed E-state index contributed by atoms with van der Waals surface area (Å²) in [6.07, 6.45) is 2.18. The van der Waals surface area contributed by atoms with Crippen molar-refractivity contribution in [3.8, 4) is 0 Å². The number of carbonyl (C=O) groups excluding carboxylic acids is 1. The summed E-state index contributed by atoms with van der Waals surface area (Å²) in [6.45, 7) is 2.23. The summed E-state index contributed by atoms with van der Waals surface area (Å²) in [5, 5.41) is 4.16. The van der Waals surface area contributed by atoms with E-state index in [9.17, 15) is 9.18 Å². The van der Waals surface area contributed by atoms with Crippen molar-refractivity contribution in [2.24, 2.45) is 0 Å².